The van der Waals surface area contributed by atoms with E-state index in [9.17, 15) is 14.7 Å². The summed E-state index contributed by atoms with van der Waals surface area (Å²) in [6.45, 7) is 6.19. The molecule has 0 aliphatic carbocycles. The molecule has 0 aliphatic rings. The molecule has 8 nitrogen and oxygen atoms in total. The quantitative estimate of drug-likeness (QED) is 0.446. The summed E-state index contributed by atoms with van der Waals surface area (Å²) in [5, 5.41) is 26.7. The number of carboxylic acids is 1. The molecule has 0 aromatic heterocycles. The van der Waals surface area contributed by atoms with Gasteiger partial charge >= 0.3 is 11.9 Å². The van der Waals surface area contributed by atoms with Gasteiger partial charge in [0.05, 0.1) is 19.3 Å². The zero-order valence-corrected chi connectivity index (χ0v) is 11.8. The van der Waals surface area contributed by atoms with Crippen LogP contribution in [0, 0.1) is 0 Å². The third kappa shape index (κ3) is 7.39. The first-order valence-corrected chi connectivity index (χ1v) is 6.28. The molecule has 0 aliphatic heterocycles. The minimum Gasteiger partial charge on any atom is -0.479 e. The van der Waals surface area contributed by atoms with Gasteiger partial charge in [-0.05, 0) is 20.8 Å². The first-order chi connectivity index (χ1) is 9.29. The van der Waals surface area contributed by atoms with E-state index >= 15 is 0 Å². The van der Waals surface area contributed by atoms with E-state index in [4.69, 9.17) is 24.4 Å². The van der Waals surface area contributed by atoms with Gasteiger partial charge in [0.2, 0.25) is 0 Å². The van der Waals surface area contributed by atoms with Gasteiger partial charge in [-0.1, -0.05) is 0 Å². The van der Waals surface area contributed by atoms with Crippen LogP contribution < -0.4 is 0 Å². The normalized spacial score (nSPS) is 17.1. The maximum atomic E-state index is 11.3. The van der Waals surface area contributed by atoms with Crippen LogP contribution in [0.5, 0.6) is 0 Å². The van der Waals surface area contributed by atoms with Gasteiger partial charge in [-0.3, -0.25) is 0 Å². The van der Waals surface area contributed by atoms with E-state index in [0.717, 1.165) is 0 Å². The molecule has 20 heavy (non-hydrogen) atoms. The fourth-order valence-corrected chi connectivity index (χ4v) is 1.20. The molecule has 4 atom stereocenters. The third-order valence-corrected chi connectivity index (χ3v) is 2.28. The van der Waals surface area contributed by atoms with Crippen molar-refractivity contribution in [1.29, 1.82) is 0 Å². The number of rotatable bonds is 10. The second kappa shape index (κ2) is 9.65. The molecule has 0 radical (unpaired) electrons. The molecule has 0 bridgehead atoms. The molecule has 0 aromatic rings. The molecule has 118 valence electrons. The standard InChI is InChI=1S/C12H22O8/c1-4-18-5-7(2)19-6-8(3)20-12(17)10(14)9(13)11(15)16/h7-10,13-14H,4-6H2,1-3H3,(H,15,16). The van der Waals surface area contributed by atoms with Crippen LogP contribution >= 0.6 is 0 Å². The lowest BCUT2D eigenvalue weighted by Crippen LogP contribution is -2.42. The number of carbonyl (C=O) groups excluding carboxylic acids is 1. The number of esters is 1. The Morgan fingerprint density at radius 1 is 1.05 bits per heavy atom. The minimum atomic E-state index is -2.22. The number of carbonyl (C=O) groups is 2. The van der Waals surface area contributed by atoms with Gasteiger partial charge in [-0.2, -0.15) is 0 Å². The number of ether oxygens (including phenoxy) is 3. The van der Waals surface area contributed by atoms with E-state index in [0.29, 0.717) is 13.2 Å². The highest BCUT2D eigenvalue weighted by Crippen LogP contribution is 2.03. The van der Waals surface area contributed by atoms with Crippen molar-refractivity contribution in [1.82, 2.24) is 0 Å². The number of aliphatic hydroxyl groups is 2. The molecule has 0 fully saturated rings. The van der Waals surface area contributed by atoms with Gasteiger partial charge in [-0.25, -0.2) is 9.59 Å². The Morgan fingerprint density at radius 3 is 2.15 bits per heavy atom. The maximum absolute atomic E-state index is 11.3. The Balaban J connectivity index is 4.04. The van der Waals surface area contributed by atoms with Crippen molar-refractivity contribution < 1.29 is 39.1 Å². The monoisotopic (exact) mass is 294 g/mol. The summed E-state index contributed by atoms with van der Waals surface area (Å²) in [5.74, 6) is -2.92. The number of carboxylic acid groups (broad SMARTS) is 1. The molecule has 0 aromatic carbocycles. The van der Waals surface area contributed by atoms with E-state index < -0.39 is 30.3 Å². The topological polar surface area (TPSA) is 123 Å². The van der Waals surface area contributed by atoms with E-state index in [1.54, 1.807) is 6.92 Å². The van der Waals surface area contributed by atoms with Crippen molar-refractivity contribution in [2.24, 2.45) is 0 Å². The molecule has 0 rings (SSSR count). The van der Waals surface area contributed by atoms with Crippen LogP contribution in [0.3, 0.4) is 0 Å². The summed E-state index contributed by atoms with van der Waals surface area (Å²) in [6.07, 6.45) is -5.23. The number of aliphatic carboxylic acids is 1. The zero-order valence-electron chi connectivity index (χ0n) is 11.8. The Hall–Kier alpha value is -1.22. The number of aliphatic hydroxyl groups excluding tert-OH is 2. The fraction of sp³-hybridized carbons (Fsp3) is 0.833. The zero-order chi connectivity index (χ0) is 15.7. The summed E-state index contributed by atoms with van der Waals surface area (Å²) < 4.78 is 15.2. The van der Waals surface area contributed by atoms with Crippen molar-refractivity contribution in [3.63, 3.8) is 0 Å². The van der Waals surface area contributed by atoms with Gasteiger partial charge in [-0.15, -0.1) is 0 Å². The van der Waals surface area contributed by atoms with Crippen LogP contribution in [0.15, 0.2) is 0 Å². The molecule has 0 heterocycles. The van der Waals surface area contributed by atoms with Crippen molar-refractivity contribution in [3.8, 4) is 0 Å². The largest absolute Gasteiger partial charge is 0.479 e. The summed E-state index contributed by atoms with van der Waals surface area (Å²) in [7, 11) is 0. The lowest BCUT2D eigenvalue weighted by atomic mass is 10.2. The fourth-order valence-electron chi connectivity index (χ4n) is 1.20. The Labute approximate surface area is 117 Å². The van der Waals surface area contributed by atoms with Crippen molar-refractivity contribution in [3.05, 3.63) is 0 Å². The molecule has 0 amide bonds. The average Bonchev–Trinajstić information content (AvgIpc) is 2.40. The van der Waals surface area contributed by atoms with Crippen LogP contribution in [-0.2, 0) is 23.8 Å². The average molecular weight is 294 g/mol. The Morgan fingerprint density at radius 2 is 1.65 bits per heavy atom. The van der Waals surface area contributed by atoms with E-state index in [2.05, 4.69) is 0 Å². The maximum Gasteiger partial charge on any atom is 0.338 e. The van der Waals surface area contributed by atoms with Crippen molar-refractivity contribution >= 4 is 11.9 Å². The van der Waals surface area contributed by atoms with Crippen LogP contribution in [0.25, 0.3) is 0 Å². The smallest absolute Gasteiger partial charge is 0.338 e. The predicted molar refractivity (Wildman–Crippen MR) is 67.1 cm³/mol. The summed E-state index contributed by atoms with van der Waals surface area (Å²) in [5.41, 5.74) is 0. The van der Waals surface area contributed by atoms with Crippen LogP contribution in [-0.4, -0.2) is 71.5 Å². The lowest BCUT2D eigenvalue weighted by Gasteiger charge is -2.19. The molecular weight excluding hydrogens is 272 g/mol. The second-order valence-corrected chi connectivity index (χ2v) is 4.28. The van der Waals surface area contributed by atoms with Crippen LogP contribution in [0.2, 0.25) is 0 Å². The summed E-state index contributed by atoms with van der Waals surface area (Å²) in [6, 6.07) is 0. The molecule has 8 heteroatoms. The summed E-state index contributed by atoms with van der Waals surface area (Å²) in [4.78, 5) is 21.7. The van der Waals surface area contributed by atoms with Crippen LogP contribution in [0.4, 0.5) is 0 Å². The highest BCUT2D eigenvalue weighted by molar-refractivity contribution is 5.84. The first-order valence-electron chi connectivity index (χ1n) is 6.28. The third-order valence-electron chi connectivity index (χ3n) is 2.28. The minimum absolute atomic E-state index is 0.0653. The molecule has 0 spiro atoms. The Kier molecular flexibility index (Phi) is 9.06. The number of hydrogen-bond acceptors (Lipinski definition) is 7. The molecular formula is C12H22O8. The van der Waals surface area contributed by atoms with Gasteiger partial charge in [0.1, 0.15) is 6.10 Å². The molecule has 4 unspecified atom stereocenters. The predicted octanol–water partition coefficient (Wildman–Crippen LogP) is -0.834. The number of hydrogen-bond donors (Lipinski definition) is 3. The van der Waals surface area contributed by atoms with E-state index in [-0.39, 0.29) is 12.7 Å². The SMILES string of the molecule is CCOCC(C)OCC(C)OC(=O)C(O)C(O)C(=O)O. The molecule has 3 N–H and O–H groups in total. The highest BCUT2D eigenvalue weighted by Gasteiger charge is 2.32. The lowest BCUT2D eigenvalue weighted by molar-refractivity contribution is -0.175. The second-order valence-electron chi connectivity index (χ2n) is 4.28. The van der Waals surface area contributed by atoms with Crippen LogP contribution in [0.1, 0.15) is 20.8 Å². The first kappa shape index (κ1) is 18.8. The summed E-state index contributed by atoms with van der Waals surface area (Å²) >= 11 is 0. The van der Waals surface area contributed by atoms with Gasteiger partial charge in [0, 0.05) is 6.61 Å². The van der Waals surface area contributed by atoms with Crippen molar-refractivity contribution in [2.75, 3.05) is 19.8 Å². The Bertz CT molecular complexity index is 306. The van der Waals surface area contributed by atoms with Gasteiger partial charge in [0.15, 0.2) is 12.2 Å². The molecule has 0 saturated heterocycles. The molecule has 0 saturated carbocycles. The van der Waals surface area contributed by atoms with Crippen molar-refractivity contribution in [2.45, 2.75) is 45.2 Å². The van der Waals surface area contributed by atoms with Gasteiger partial charge < -0.3 is 29.5 Å². The van der Waals surface area contributed by atoms with Gasteiger partial charge in [0.25, 0.3) is 0 Å². The van der Waals surface area contributed by atoms with E-state index in [1.807, 2.05) is 6.92 Å². The highest BCUT2D eigenvalue weighted by atomic mass is 16.6. The van der Waals surface area contributed by atoms with E-state index in [1.165, 1.54) is 6.92 Å².